The van der Waals surface area contributed by atoms with Crippen LogP contribution in [0.1, 0.15) is 27.3 Å². The molecule has 3 heterocycles. The first-order chi connectivity index (χ1) is 15.1. The van der Waals surface area contributed by atoms with E-state index in [-0.39, 0.29) is 27.5 Å². The largest absolute Gasteiger partial charge is 0.402 e. The van der Waals surface area contributed by atoms with E-state index in [2.05, 4.69) is 19.8 Å². The lowest BCUT2D eigenvalue weighted by atomic mass is 9.94. The second-order valence-electron chi connectivity index (χ2n) is 7.51. The number of allylic oxidation sites excluding steroid dienone is 2. The number of hydrazine groups is 1. The van der Waals surface area contributed by atoms with Crippen molar-refractivity contribution in [2.75, 3.05) is 44.2 Å². The molecule has 0 unspecified atom stereocenters. The lowest BCUT2D eigenvalue weighted by molar-refractivity contribution is -0.613. The van der Waals surface area contributed by atoms with Crippen LogP contribution in [0.3, 0.4) is 0 Å². The highest BCUT2D eigenvalue weighted by Gasteiger charge is 2.45. The standard InChI is InChI=1S/C21H23N7O3/c22-28(31)19-18(21(30)17-15(20(19)29)5-3-8-24-17)25-9-4-10-26-11-13-27(14-12-26)16-6-1-2-7-23-16/h1-3,5-8H,4,9-14H2,(H2-,22,25,29,31)/p+2. The van der Waals surface area contributed by atoms with Gasteiger partial charge < -0.3 is 10.2 Å². The lowest BCUT2D eigenvalue weighted by Gasteiger charge is -2.35. The maximum Gasteiger partial charge on any atom is 0.402 e. The number of pyridine rings is 2. The van der Waals surface area contributed by atoms with E-state index in [1.165, 1.54) is 12.3 Å². The fraction of sp³-hybridized carbons (Fsp3) is 0.333. The molecule has 0 spiro atoms. The molecule has 31 heavy (non-hydrogen) atoms. The first kappa shape index (κ1) is 20.8. The van der Waals surface area contributed by atoms with Crippen LogP contribution in [0, 0.1) is 4.91 Å². The van der Waals surface area contributed by atoms with Gasteiger partial charge in [-0.2, -0.15) is 5.84 Å². The van der Waals surface area contributed by atoms with Crippen LogP contribution >= 0.6 is 0 Å². The summed E-state index contributed by atoms with van der Waals surface area (Å²) < 4.78 is 0. The Bertz CT molecular complexity index is 1030. The average molecular weight is 423 g/mol. The molecule has 0 bridgehead atoms. The van der Waals surface area contributed by atoms with Gasteiger partial charge in [0.2, 0.25) is 0 Å². The van der Waals surface area contributed by atoms with E-state index in [4.69, 9.17) is 5.84 Å². The van der Waals surface area contributed by atoms with Crippen LogP contribution in [0.25, 0.3) is 0 Å². The highest BCUT2D eigenvalue weighted by Crippen LogP contribution is 2.21. The minimum atomic E-state index is -0.572. The number of Topliss-reactive ketones (excluding diaryl/α,β-unsaturated/α-hetero) is 2. The Labute approximate surface area is 179 Å². The van der Waals surface area contributed by atoms with Gasteiger partial charge in [-0.3, -0.25) is 19.5 Å². The first-order valence-electron chi connectivity index (χ1n) is 10.3. The molecule has 1 fully saturated rings. The summed E-state index contributed by atoms with van der Waals surface area (Å²) in [5.74, 6) is 5.32. The van der Waals surface area contributed by atoms with Crippen LogP contribution in [0.4, 0.5) is 5.82 Å². The average Bonchev–Trinajstić information content (AvgIpc) is 2.80. The Kier molecular flexibility index (Phi) is 6.10. The Balaban J connectivity index is 1.32. The molecule has 160 valence electrons. The second-order valence-corrected chi connectivity index (χ2v) is 7.51. The number of carbonyl (C=O) groups excluding carboxylic acids is 2. The third kappa shape index (κ3) is 4.35. The molecule has 4 rings (SSSR count). The van der Waals surface area contributed by atoms with Crippen molar-refractivity contribution in [3.63, 3.8) is 0 Å². The van der Waals surface area contributed by atoms with Gasteiger partial charge in [-0.05, 0) is 24.3 Å². The van der Waals surface area contributed by atoms with Gasteiger partial charge >= 0.3 is 5.70 Å². The van der Waals surface area contributed by atoms with E-state index in [0.717, 1.165) is 45.0 Å². The van der Waals surface area contributed by atoms with Crippen LogP contribution in [0.2, 0.25) is 0 Å². The van der Waals surface area contributed by atoms with E-state index in [9.17, 15) is 14.5 Å². The Morgan fingerprint density at radius 2 is 1.77 bits per heavy atom. The van der Waals surface area contributed by atoms with Crippen molar-refractivity contribution in [2.45, 2.75) is 6.42 Å². The Morgan fingerprint density at radius 1 is 1.00 bits per heavy atom. The summed E-state index contributed by atoms with van der Waals surface area (Å²) in [6.07, 6.45) is 4.05. The van der Waals surface area contributed by atoms with Crippen LogP contribution in [-0.2, 0) is 0 Å². The molecule has 0 saturated carbocycles. The molecule has 4 N–H and O–H groups in total. The van der Waals surface area contributed by atoms with Crippen molar-refractivity contribution in [2.24, 2.45) is 5.84 Å². The predicted octanol–water partition coefficient (Wildman–Crippen LogP) is -0.504. The third-order valence-electron chi connectivity index (χ3n) is 5.58. The molecule has 2 aromatic heterocycles. The molecular formula is C21H25N7O3+2. The fourth-order valence-electron chi connectivity index (χ4n) is 3.97. The molecular weight excluding hydrogens is 398 g/mol. The molecule has 2 aromatic rings. The molecule has 1 saturated heterocycles. The highest BCUT2D eigenvalue weighted by molar-refractivity contribution is 6.23. The number of rotatable bonds is 7. The van der Waals surface area contributed by atoms with Gasteiger partial charge in [0, 0.05) is 51.5 Å². The van der Waals surface area contributed by atoms with Gasteiger partial charge in [-0.25, -0.2) is 4.98 Å². The number of nitrogens with zero attached hydrogens (tertiary/aromatic N) is 5. The van der Waals surface area contributed by atoms with Crippen molar-refractivity contribution in [1.29, 1.82) is 0 Å². The predicted molar refractivity (Wildman–Crippen MR) is 112 cm³/mol. The molecule has 0 amide bonds. The number of carbonyl (C=O) groups is 2. The molecule has 0 atom stereocenters. The number of anilines is 1. The summed E-state index contributed by atoms with van der Waals surface area (Å²) in [6, 6.07) is 8.95. The minimum Gasteiger partial charge on any atom is -0.354 e. The monoisotopic (exact) mass is 423 g/mol. The Morgan fingerprint density at radius 3 is 2.48 bits per heavy atom. The normalized spacial score (nSPS) is 17.1. The van der Waals surface area contributed by atoms with Crippen molar-refractivity contribution in [3.05, 3.63) is 70.3 Å². The summed E-state index contributed by atoms with van der Waals surface area (Å²) >= 11 is 0. The quantitative estimate of drug-likeness (QED) is 0.264. The number of aromatic nitrogens is 2. The van der Waals surface area contributed by atoms with Crippen LogP contribution in [0.15, 0.2) is 54.1 Å². The van der Waals surface area contributed by atoms with Gasteiger partial charge in [0.1, 0.15) is 11.5 Å². The molecule has 1 aliphatic carbocycles. The fourth-order valence-corrected chi connectivity index (χ4v) is 3.97. The van der Waals surface area contributed by atoms with E-state index >= 15 is 0 Å². The van der Waals surface area contributed by atoms with Crippen LogP contribution in [0.5, 0.6) is 0 Å². The SMILES string of the molecule is N[N+](=O)C1=C([NH2+]CCCN2CCN(c3ccccn3)CC2)C(=O)c2ncccc2C1=O. The summed E-state index contributed by atoms with van der Waals surface area (Å²) in [4.78, 5) is 50.3. The number of nitrogens with two attached hydrogens (primary N) is 2. The zero-order valence-electron chi connectivity index (χ0n) is 17.1. The van der Waals surface area contributed by atoms with Gasteiger partial charge in [0.15, 0.2) is 4.87 Å². The zero-order valence-corrected chi connectivity index (χ0v) is 17.1. The second kappa shape index (κ2) is 9.11. The van der Waals surface area contributed by atoms with E-state index < -0.39 is 11.6 Å². The third-order valence-corrected chi connectivity index (χ3v) is 5.58. The van der Waals surface area contributed by atoms with Crippen molar-refractivity contribution >= 4 is 17.4 Å². The van der Waals surface area contributed by atoms with Crippen molar-refractivity contribution in [3.8, 4) is 0 Å². The molecule has 0 aromatic carbocycles. The van der Waals surface area contributed by atoms with E-state index in [1.807, 2.05) is 18.2 Å². The van der Waals surface area contributed by atoms with Crippen LogP contribution < -0.4 is 16.1 Å². The molecule has 0 radical (unpaired) electrons. The zero-order chi connectivity index (χ0) is 21.8. The number of hydrogen-bond acceptors (Lipinski definition) is 7. The smallest absolute Gasteiger partial charge is 0.354 e. The number of piperazine rings is 1. The van der Waals surface area contributed by atoms with Gasteiger partial charge in [-0.1, -0.05) is 6.07 Å². The number of nitroso groups, excluding NO2 is 1. The van der Waals surface area contributed by atoms with Crippen molar-refractivity contribution < 1.29 is 19.8 Å². The van der Waals surface area contributed by atoms with Crippen LogP contribution in [-0.4, -0.2) is 70.6 Å². The maximum absolute atomic E-state index is 12.8. The van der Waals surface area contributed by atoms with Gasteiger partial charge in [-0.15, -0.1) is 0 Å². The van der Waals surface area contributed by atoms with E-state index in [0.29, 0.717) is 6.54 Å². The number of quaternary nitrogens is 1. The van der Waals surface area contributed by atoms with Gasteiger partial charge in [0.05, 0.1) is 17.0 Å². The molecule has 10 heteroatoms. The number of hydrogen-bond donors (Lipinski definition) is 2. The first-order valence-corrected chi connectivity index (χ1v) is 10.3. The minimum absolute atomic E-state index is 0.0150. The van der Waals surface area contributed by atoms with Crippen molar-refractivity contribution in [1.82, 2.24) is 14.9 Å². The summed E-state index contributed by atoms with van der Waals surface area (Å²) in [5, 5.41) is 1.63. The summed E-state index contributed by atoms with van der Waals surface area (Å²) in [7, 11) is 0. The molecule has 10 nitrogen and oxygen atoms in total. The lowest BCUT2D eigenvalue weighted by Crippen LogP contribution is -2.85. The van der Waals surface area contributed by atoms with Gasteiger partial charge in [0.25, 0.3) is 17.3 Å². The molecule has 2 aliphatic rings. The highest BCUT2D eigenvalue weighted by atomic mass is 16.3. The Hall–Kier alpha value is -3.50. The van der Waals surface area contributed by atoms with E-state index in [1.54, 1.807) is 17.6 Å². The maximum atomic E-state index is 12.8. The topological polar surface area (TPSA) is 129 Å². The summed E-state index contributed by atoms with van der Waals surface area (Å²) in [6.45, 7) is 5.07. The number of fused-ring (bicyclic) bond motifs is 1. The molecule has 1 aliphatic heterocycles. The summed E-state index contributed by atoms with van der Waals surface area (Å²) in [5.41, 5.74) is -0.116. The number of ketones is 2.